The molecule has 4 amide bonds. The van der Waals surface area contributed by atoms with Gasteiger partial charge in [0.2, 0.25) is 0 Å². The Balaban J connectivity index is 1.27. The van der Waals surface area contributed by atoms with Crippen LogP contribution in [0.4, 0.5) is 10.5 Å². The van der Waals surface area contributed by atoms with E-state index in [2.05, 4.69) is 10.6 Å². The summed E-state index contributed by atoms with van der Waals surface area (Å²) < 4.78 is 0. The molecule has 0 aromatic heterocycles. The quantitative estimate of drug-likeness (QED) is 0.422. The summed E-state index contributed by atoms with van der Waals surface area (Å²) in [4.78, 5) is 52.1. The Bertz CT molecular complexity index is 1330. The van der Waals surface area contributed by atoms with Crippen LogP contribution in [0.1, 0.15) is 50.8 Å². The van der Waals surface area contributed by atoms with Crippen LogP contribution in [0, 0.1) is 0 Å². The summed E-state index contributed by atoms with van der Waals surface area (Å²) in [6, 6.07) is 20.5. The molecule has 5 rings (SSSR count). The number of hydrogen-bond donors (Lipinski definition) is 2. The van der Waals surface area contributed by atoms with Gasteiger partial charge in [-0.05, 0) is 79.3 Å². The number of imide groups is 1. The smallest absolute Gasteiger partial charge is 0.322 e. The summed E-state index contributed by atoms with van der Waals surface area (Å²) in [6.45, 7) is 1.32. The van der Waals surface area contributed by atoms with Gasteiger partial charge in [-0.1, -0.05) is 36.4 Å². The minimum atomic E-state index is -1.21. The molecule has 3 aromatic carbocycles. The number of amides is 4. The van der Waals surface area contributed by atoms with Crippen molar-refractivity contribution in [1.82, 2.24) is 10.2 Å². The van der Waals surface area contributed by atoms with Crippen molar-refractivity contribution in [3.63, 3.8) is 0 Å². The monoisotopic (exact) mass is 467 g/mol. The number of hydrogen-bond acceptors (Lipinski definition) is 4. The molecule has 0 spiro atoms. The minimum absolute atomic E-state index is 0.255. The molecule has 176 valence electrons. The Morgan fingerprint density at radius 3 is 2.37 bits per heavy atom. The fraction of sp³-hybridized carbons (Fsp3) is 0.214. The zero-order chi connectivity index (χ0) is 24.6. The molecule has 3 aromatic rings. The molecule has 2 N–H and O–H groups in total. The molecule has 35 heavy (non-hydrogen) atoms. The molecular weight excluding hydrogens is 442 g/mol. The van der Waals surface area contributed by atoms with Crippen molar-refractivity contribution in [3.8, 4) is 0 Å². The Morgan fingerprint density at radius 1 is 0.914 bits per heavy atom. The van der Waals surface area contributed by atoms with Gasteiger partial charge in [0, 0.05) is 16.8 Å². The SMILES string of the molecule is CC1(c2ccc3c(c2)CCC3)NC(=O)N(CC(=O)c2ccc(NC(=O)c3ccccc3)cc2)C1=O. The zero-order valence-corrected chi connectivity index (χ0v) is 19.3. The van der Waals surface area contributed by atoms with Crippen molar-refractivity contribution in [2.75, 3.05) is 11.9 Å². The molecule has 1 heterocycles. The van der Waals surface area contributed by atoms with Crippen molar-refractivity contribution < 1.29 is 19.2 Å². The Morgan fingerprint density at radius 2 is 1.63 bits per heavy atom. The molecule has 2 aliphatic rings. The summed E-state index contributed by atoms with van der Waals surface area (Å²) in [6.07, 6.45) is 3.08. The molecule has 1 atom stereocenters. The van der Waals surface area contributed by atoms with Gasteiger partial charge in [-0.3, -0.25) is 19.3 Å². The molecule has 1 aliphatic carbocycles. The molecule has 7 nitrogen and oxygen atoms in total. The van der Waals surface area contributed by atoms with Gasteiger partial charge in [-0.15, -0.1) is 0 Å². The third-order valence-corrected chi connectivity index (χ3v) is 6.75. The maximum Gasteiger partial charge on any atom is 0.325 e. The normalized spacial score (nSPS) is 18.8. The van der Waals surface area contributed by atoms with Gasteiger partial charge < -0.3 is 10.6 Å². The van der Waals surface area contributed by atoms with E-state index in [0.717, 1.165) is 29.7 Å². The Hall–Kier alpha value is -4.26. The van der Waals surface area contributed by atoms with Crippen LogP contribution in [0.25, 0.3) is 0 Å². The third-order valence-electron chi connectivity index (χ3n) is 6.75. The van der Waals surface area contributed by atoms with Gasteiger partial charge in [-0.2, -0.15) is 0 Å². The lowest BCUT2D eigenvalue weighted by Crippen LogP contribution is -2.41. The van der Waals surface area contributed by atoms with Crippen LogP contribution in [0.3, 0.4) is 0 Å². The Labute approximate surface area is 203 Å². The van der Waals surface area contributed by atoms with Crippen molar-refractivity contribution in [2.45, 2.75) is 31.7 Å². The maximum atomic E-state index is 13.3. The topological polar surface area (TPSA) is 95.6 Å². The molecule has 1 fully saturated rings. The number of urea groups is 1. The molecule has 0 saturated carbocycles. The molecule has 1 saturated heterocycles. The number of carbonyl (C=O) groups is 4. The molecule has 0 bridgehead atoms. The first-order valence-corrected chi connectivity index (χ1v) is 11.6. The number of ketones is 1. The van der Waals surface area contributed by atoms with Gasteiger partial charge in [0.1, 0.15) is 5.54 Å². The van der Waals surface area contributed by atoms with E-state index in [1.807, 2.05) is 24.3 Å². The second-order valence-corrected chi connectivity index (χ2v) is 9.10. The van der Waals surface area contributed by atoms with Crippen LogP contribution in [-0.2, 0) is 23.2 Å². The van der Waals surface area contributed by atoms with Gasteiger partial charge >= 0.3 is 6.03 Å². The molecule has 1 aliphatic heterocycles. The summed E-state index contributed by atoms with van der Waals surface area (Å²) in [5, 5.41) is 5.56. The largest absolute Gasteiger partial charge is 0.325 e. The number of carbonyl (C=O) groups excluding carboxylic acids is 4. The third kappa shape index (κ3) is 4.21. The highest BCUT2D eigenvalue weighted by molar-refractivity contribution is 6.11. The first-order chi connectivity index (χ1) is 16.8. The van der Waals surface area contributed by atoms with Crippen LogP contribution in [0.5, 0.6) is 0 Å². The van der Waals surface area contributed by atoms with Crippen LogP contribution in [0.15, 0.2) is 72.8 Å². The second kappa shape index (κ2) is 8.83. The van der Waals surface area contributed by atoms with Crippen LogP contribution >= 0.6 is 0 Å². The number of fused-ring (bicyclic) bond motifs is 1. The predicted octanol–water partition coefficient (Wildman–Crippen LogP) is 4.08. The number of Topliss-reactive ketones (excluding diaryl/α,β-unsaturated/α-hetero) is 1. The van der Waals surface area contributed by atoms with E-state index in [1.54, 1.807) is 55.5 Å². The first kappa shape index (κ1) is 22.5. The lowest BCUT2D eigenvalue weighted by molar-refractivity contribution is -0.130. The lowest BCUT2D eigenvalue weighted by Gasteiger charge is -2.23. The molecule has 1 unspecified atom stereocenters. The summed E-state index contributed by atoms with van der Waals surface area (Å²) in [7, 11) is 0. The fourth-order valence-electron chi connectivity index (χ4n) is 4.69. The van der Waals surface area contributed by atoms with E-state index < -0.39 is 17.5 Å². The number of nitrogens with one attached hydrogen (secondary N) is 2. The van der Waals surface area contributed by atoms with Crippen LogP contribution < -0.4 is 10.6 Å². The van der Waals surface area contributed by atoms with Crippen molar-refractivity contribution in [1.29, 1.82) is 0 Å². The van der Waals surface area contributed by atoms with Crippen molar-refractivity contribution >= 4 is 29.3 Å². The minimum Gasteiger partial charge on any atom is -0.322 e. The first-order valence-electron chi connectivity index (χ1n) is 11.6. The number of anilines is 1. The lowest BCUT2D eigenvalue weighted by atomic mass is 9.89. The van der Waals surface area contributed by atoms with E-state index >= 15 is 0 Å². The zero-order valence-electron chi connectivity index (χ0n) is 19.3. The summed E-state index contributed by atoms with van der Waals surface area (Å²) in [5.41, 5.74) is 3.41. The maximum absolute atomic E-state index is 13.3. The highest BCUT2D eigenvalue weighted by Crippen LogP contribution is 2.32. The number of rotatable bonds is 6. The highest BCUT2D eigenvalue weighted by atomic mass is 16.2. The van der Waals surface area contributed by atoms with Gasteiger partial charge in [0.05, 0.1) is 6.54 Å². The Kier molecular flexibility index (Phi) is 5.68. The predicted molar refractivity (Wildman–Crippen MR) is 131 cm³/mol. The van der Waals surface area contributed by atoms with E-state index in [4.69, 9.17) is 0 Å². The molecule has 0 radical (unpaired) electrons. The van der Waals surface area contributed by atoms with E-state index in [1.165, 1.54) is 11.1 Å². The fourth-order valence-corrected chi connectivity index (χ4v) is 4.69. The average molecular weight is 468 g/mol. The molecular formula is C28H25N3O4. The number of nitrogens with zero attached hydrogens (tertiary/aromatic N) is 1. The van der Waals surface area contributed by atoms with Gasteiger partial charge in [0.25, 0.3) is 11.8 Å². The van der Waals surface area contributed by atoms with E-state index in [-0.39, 0.29) is 18.2 Å². The molecule has 7 heteroatoms. The van der Waals surface area contributed by atoms with Crippen molar-refractivity contribution in [2.24, 2.45) is 0 Å². The highest BCUT2D eigenvalue weighted by Gasteiger charge is 2.49. The van der Waals surface area contributed by atoms with Crippen LogP contribution in [0.2, 0.25) is 0 Å². The summed E-state index contributed by atoms with van der Waals surface area (Å²) in [5.74, 6) is -1.07. The van der Waals surface area contributed by atoms with Crippen molar-refractivity contribution in [3.05, 3.63) is 101 Å². The number of aryl methyl sites for hydroxylation is 2. The van der Waals surface area contributed by atoms with Gasteiger partial charge in [0.15, 0.2) is 5.78 Å². The number of benzene rings is 3. The standard InChI is InChI=1S/C28H25N3O4/c1-28(22-13-10-18-8-5-9-21(18)16-22)26(34)31(27(35)30-28)17-24(32)19-11-14-23(15-12-19)29-25(33)20-6-3-2-4-7-20/h2-4,6-7,10-16H,5,8-9,17H2,1H3,(H,29,33)(H,30,35). The summed E-state index contributed by atoms with van der Waals surface area (Å²) >= 11 is 0. The average Bonchev–Trinajstić information content (AvgIpc) is 3.43. The van der Waals surface area contributed by atoms with Gasteiger partial charge in [-0.25, -0.2) is 4.79 Å². The van der Waals surface area contributed by atoms with Crippen LogP contribution in [-0.4, -0.2) is 35.1 Å². The second-order valence-electron chi connectivity index (χ2n) is 9.10. The van der Waals surface area contributed by atoms with E-state index in [0.29, 0.717) is 16.8 Å². The van der Waals surface area contributed by atoms with E-state index in [9.17, 15) is 19.2 Å².